The predicted octanol–water partition coefficient (Wildman–Crippen LogP) is 0.601. The van der Waals surface area contributed by atoms with E-state index < -0.39 is 6.04 Å². The second-order valence-corrected chi connectivity index (χ2v) is 4.47. The van der Waals surface area contributed by atoms with Crippen LogP contribution in [0.1, 0.15) is 11.1 Å². The normalized spacial score (nSPS) is 20.3. The van der Waals surface area contributed by atoms with E-state index in [0.29, 0.717) is 6.54 Å². The number of anilines is 1. The summed E-state index contributed by atoms with van der Waals surface area (Å²) in [5, 5.41) is 12.1. The maximum absolute atomic E-state index is 11.7. The number of nitrogens with zero attached hydrogens (tertiary/aromatic N) is 1. The number of carbonyl (C=O) groups excluding carboxylic acids is 1. The number of aliphatic hydroxyl groups is 1. The molecule has 1 aliphatic rings. The number of aliphatic hydroxyl groups excluding tert-OH is 1. The smallest absolute Gasteiger partial charge is 0.245 e. The van der Waals surface area contributed by atoms with E-state index in [2.05, 4.69) is 17.4 Å². The topological polar surface area (TPSA) is 52.6 Å². The molecular weight excluding hydrogens is 216 g/mol. The van der Waals surface area contributed by atoms with Crippen LogP contribution in [-0.4, -0.2) is 36.8 Å². The Morgan fingerprint density at radius 3 is 2.94 bits per heavy atom. The van der Waals surface area contributed by atoms with Crippen molar-refractivity contribution in [3.8, 4) is 0 Å². The quantitative estimate of drug-likeness (QED) is 0.788. The van der Waals surface area contributed by atoms with E-state index in [0.717, 1.165) is 23.4 Å². The molecule has 0 bridgehead atoms. The molecule has 1 aromatic rings. The Bertz CT molecular complexity index is 431. The Kier molecular flexibility index (Phi) is 3.33. The summed E-state index contributed by atoms with van der Waals surface area (Å²) < 4.78 is 0. The molecule has 92 valence electrons. The Morgan fingerprint density at radius 2 is 2.24 bits per heavy atom. The first-order valence-electron chi connectivity index (χ1n) is 5.86. The molecule has 0 aromatic heterocycles. The molecule has 2 rings (SSSR count). The Balaban J connectivity index is 2.36. The van der Waals surface area contributed by atoms with Gasteiger partial charge in [-0.1, -0.05) is 12.1 Å². The van der Waals surface area contributed by atoms with Gasteiger partial charge in [0.2, 0.25) is 5.91 Å². The Morgan fingerprint density at radius 1 is 1.47 bits per heavy atom. The molecule has 0 aliphatic carbocycles. The minimum Gasteiger partial charge on any atom is -0.394 e. The fourth-order valence-corrected chi connectivity index (χ4v) is 2.21. The SMILES string of the molecule is Cc1ccc(C)c(N2CCNC(=O)C2CO)c1. The largest absolute Gasteiger partial charge is 0.394 e. The monoisotopic (exact) mass is 234 g/mol. The van der Waals surface area contributed by atoms with Crippen molar-refractivity contribution in [3.05, 3.63) is 29.3 Å². The zero-order valence-corrected chi connectivity index (χ0v) is 10.2. The van der Waals surface area contributed by atoms with Gasteiger partial charge in [-0.3, -0.25) is 4.79 Å². The maximum atomic E-state index is 11.7. The van der Waals surface area contributed by atoms with Gasteiger partial charge in [-0.25, -0.2) is 0 Å². The van der Waals surface area contributed by atoms with Crippen LogP contribution >= 0.6 is 0 Å². The number of amides is 1. The lowest BCUT2D eigenvalue weighted by molar-refractivity contribution is -0.124. The Hall–Kier alpha value is -1.55. The first-order valence-corrected chi connectivity index (χ1v) is 5.86. The molecular formula is C13H18N2O2. The molecule has 1 fully saturated rings. The van der Waals surface area contributed by atoms with Crippen LogP contribution in [0.2, 0.25) is 0 Å². The standard InChI is InChI=1S/C13H18N2O2/c1-9-3-4-10(2)11(7-9)15-6-5-14-13(17)12(15)8-16/h3-4,7,12,16H,5-6,8H2,1-2H3,(H,14,17). The number of aryl methyl sites for hydroxylation is 2. The fourth-order valence-electron chi connectivity index (χ4n) is 2.21. The molecule has 4 heteroatoms. The van der Waals surface area contributed by atoms with E-state index in [1.54, 1.807) is 0 Å². The molecule has 1 unspecified atom stereocenters. The van der Waals surface area contributed by atoms with E-state index in [1.165, 1.54) is 0 Å². The molecule has 4 nitrogen and oxygen atoms in total. The number of rotatable bonds is 2. The number of hydrogen-bond donors (Lipinski definition) is 2. The summed E-state index contributed by atoms with van der Waals surface area (Å²) in [6.45, 7) is 5.26. The van der Waals surface area contributed by atoms with Crippen LogP contribution in [0.4, 0.5) is 5.69 Å². The van der Waals surface area contributed by atoms with Gasteiger partial charge in [0, 0.05) is 18.8 Å². The highest BCUT2D eigenvalue weighted by Crippen LogP contribution is 2.24. The zero-order chi connectivity index (χ0) is 12.4. The molecule has 17 heavy (non-hydrogen) atoms. The zero-order valence-electron chi connectivity index (χ0n) is 10.2. The fraction of sp³-hybridized carbons (Fsp3) is 0.462. The minimum atomic E-state index is -0.468. The van der Waals surface area contributed by atoms with Crippen molar-refractivity contribution < 1.29 is 9.90 Å². The van der Waals surface area contributed by atoms with Crippen LogP contribution in [-0.2, 0) is 4.79 Å². The average molecular weight is 234 g/mol. The lowest BCUT2D eigenvalue weighted by Gasteiger charge is -2.36. The van der Waals surface area contributed by atoms with E-state index in [-0.39, 0.29) is 12.5 Å². The van der Waals surface area contributed by atoms with Crippen molar-refractivity contribution in [1.29, 1.82) is 0 Å². The van der Waals surface area contributed by atoms with Crippen LogP contribution in [0.5, 0.6) is 0 Å². The summed E-state index contributed by atoms with van der Waals surface area (Å²) in [5.74, 6) is -0.0975. The molecule has 1 amide bonds. The summed E-state index contributed by atoms with van der Waals surface area (Å²) in [6, 6.07) is 5.70. The molecule has 2 N–H and O–H groups in total. The van der Waals surface area contributed by atoms with Gasteiger partial charge in [0.05, 0.1) is 6.61 Å². The van der Waals surface area contributed by atoms with Gasteiger partial charge in [0.15, 0.2) is 0 Å². The Labute approximate surface area is 101 Å². The number of piperazine rings is 1. The van der Waals surface area contributed by atoms with Gasteiger partial charge in [0.25, 0.3) is 0 Å². The number of hydrogen-bond acceptors (Lipinski definition) is 3. The number of benzene rings is 1. The van der Waals surface area contributed by atoms with Crippen LogP contribution in [0.15, 0.2) is 18.2 Å². The van der Waals surface area contributed by atoms with Gasteiger partial charge in [-0.15, -0.1) is 0 Å². The molecule has 0 saturated carbocycles. The van der Waals surface area contributed by atoms with E-state index in [9.17, 15) is 9.90 Å². The second kappa shape index (κ2) is 4.75. The van der Waals surface area contributed by atoms with Gasteiger partial charge in [-0.05, 0) is 31.0 Å². The highest BCUT2D eigenvalue weighted by atomic mass is 16.3. The first kappa shape index (κ1) is 11.9. The lowest BCUT2D eigenvalue weighted by atomic mass is 10.1. The summed E-state index contributed by atoms with van der Waals surface area (Å²) >= 11 is 0. The summed E-state index contributed by atoms with van der Waals surface area (Å²) in [5.41, 5.74) is 3.33. The molecule has 1 aromatic carbocycles. The van der Waals surface area contributed by atoms with Crippen LogP contribution < -0.4 is 10.2 Å². The molecule has 1 atom stereocenters. The highest BCUT2D eigenvalue weighted by molar-refractivity contribution is 5.87. The third-order valence-electron chi connectivity index (χ3n) is 3.18. The summed E-state index contributed by atoms with van der Waals surface area (Å²) in [7, 11) is 0. The van der Waals surface area contributed by atoms with Crippen LogP contribution in [0.3, 0.4) is 0 Å². The molecule has 1 saturated heterocycles. The van der Waals surface area contributed by atoms with Crippen molar-refractivity contribution in [2.75, 3.05) is 24.6 Å². The van der Waals surface area contributed by atoms with Gasteiger partial charge < -0.3 is 15.3 Å². The third-order valence-corrected chi connectivity index (χ3v) is 3.18. The maximum Gasteiger partial charge on any atom is 0.245 e. The van der Waals surface area contributed by atoms with E-state index >= 15 is 0 Å². The molecule has 1 heterocycles. The lowest BCUT2D eigenvalue weighted by Crippen LogP contribution is -2.57. The van der Waals surface area contributed by atoms with Crippen molar-refractivity contribution in [2.45, 2.75) is 19.9 Å². The van der Waals surface area contributed by atoms with Gasteiger partial charge >= 0.3 is 0 Å². The highest BCUT2D eigenvalue weighted by Gasteiger charge is 2.29. The van der Waals surface area contributed by atoms with Gasteiger partial charge in [-0.2, -0.15) is 0 Å². The van der Waals surface area contributed by atoms with Crippen molar-refractivity contribution in [3.63, 3.8) is 0 Å². The van der Waals surface area contributed by atoms with Crippen LogP contribution in [0.25, 0.3) is 0 Å². The minimum absolute atomic E-state index is 0.0975. The van der Waals surface area contributed by atoms with E-state index in [4.69, 9.17) is 0 Å². The van der Waals surface area contributed by atoms with Crippen molar-refractivity contribution >= 4 is 11.6 Å². The number of carbonyl (C=O) groups is 1. The summed E-state index contributed by atoms with van der Waals surface area (Å²) in [6.07, 6.45) is 0. The average Bonchev–Trinajstić information content (AvgIpc) is 2.32. The third kappa shape index (κ3) is 2.26. The van der Waals surface area contributed by atoms with E-state index in [1.807, 2.05) is 24.8 Å². The molecule has 0 spiro atoms. The molecule has 0 radical (unpaired) electrons. The first-order chi connectivity index (χ1) is 8.13. The predicted molar refractivity (Wildman–Crippen MR) is 67.1 cm³/mol. The molecule has 1 aliphatic heterocycles. The van der Waals surface area contributed by atoms with Crippen molar-refractivity contribution in [2.24, 2.45) is 0 Å². The van der Waals surface area contributed by atoms with Crippen LogP contribution in [0, 0.1) is 13.8 Å². The van der Waals surface area contributed by atoms with Gasteiger partial charge in [0.1, 0.15) is 6.04 Å². The number of nitrogens with one attached hydrogen (secondary N) is 1. The summed E-state index contributed by atoms with van der Waals surface area (Å²) in [4.78, 5) is 13.7. The van der Waals surface area contributed by atoms with Crippen molar-refractivity contribution in [1.82, 2.24) is 5.32 Å². The second-order valence-electron chi connectivity index (χ2n) is 4.47.